The topological polar surface area (TPSA) is 106 Å². The maximum atomic E-state index is 10.5. The predicted molar refractivity (Wildman–Crippen MR) is 76.5 cm³/mol. The van der Waals surface area contributed by atoms with E-state index in [-0.39, 0.29) is 4.90 Å². The van der Waals surface area contributed by atoms with E-state index >= 15 is 0 Å². The van der Waals surface area contributed by atoms with E-state index in [4.69, 9.17) is 27.6 Å². The van der Waals surface area contributed by atoms with Crippen LogP contribution in [-0.2, 0) is 10.1 Å². The molecule has 19 heavy (non-hydrogen) atoms. The number of rotatable bonds is 1. The Morgan fingerprint density at radius 3 is 1.53 bits per heavy atom. The molecule has 0 spiro atoms. The molecule has 0 aliphatic heterocycles. The maximum Gasteiger partial charge on any atom is 0.294 e. The van der Waals surface area contributed by atoms with Crippen molar-refractivity contribution < 1.29 is 13.0 Å². The van der Waals surface area contributed by atoms with Crippen molar-refractivity contribution in [3.63, 3.8) is 0 Å². The Morgan fingerprint density at radius 2 is 1.21 bits per heavy atom. The minimum atomic E-state index is -4.08. The summed E-state index contributed by atoms with van der Waals surface area (Å²) >= 11 is 5.56. The van der Waals surface area contributed by atoms with Crippen molar-refractivity contribution in [1.29, 1.82) is 0 Å². The summed E-state index contributed by atoms with van der Waals surface area (Å²) in [5.74, 6) is 0. The van der Waals surface area contributed by atoms with E-state index in [0.717, 1.165) is 10.7 Å². The lowest BCUT2D eigenvalue weighted by molar-refractivity contribution is 0.483. The second-order valence-corrected chi connectivity index (χ2v) is 5.45. The van der Waals surface area contributed by atoms with Crippen LogP contribution in [0.1, 0.15) is 0 Å². The van der Waals surface area contributed by atoms with E-state index in [2.05, 4.69) is 0 Å². The lowest BCUT2D eigenvalue weighted by atomic mass is 10.3. The molecule has 2 rings (SSSR count). The molecule has 0 atom stereocenters. The minimum Gasteiger partial charge on any atom is -0.399 e. The number of hydrogen-bond acceptors (Lipinski definition) is 4. The number of hydrogen-bond donors (Lipinski definition) is 3. The molecule has 0 aromatic heterocycles. The molecule has 7 heteroatoms. The number of halogens is 1. The number of nitrogen functional groups attached to an aromatic ring is 2. The van der Waals surface area contributed by atoms with Gasteiger partial charge in [-0.2, -0.15) is 8.42 Å². The molecule has 0 unspecified atom stereocenters. The third-order valence-corrected chi connectivity index (χ3v) is 3.17. The second-order valence-electron chi connectivity index (χ2n) is 3.60. The average Bonchev–Trinajstić information content (AvgIpc) is 2.33. The van der Waals surface area contributed by atoms with Crippen LogP contribution in [-0.4, -0.2) is 13.0 Å². The van der Waals surface area contributed by atoms with Gasteiger partial charge >= 0.3 is 0 Å². The smallest absolute Gasteiger partial charge is 0.294 e. The van der Waals surface area contributed by atoms with Crippen molar-refractivity contribution >= 4 is 33.1 Å². The second kappa shape index (κ2) is 6.42. The van der Waals surface area contributed by atoms with E-state index in [9.17, 15) is 8.42 Å². The van der Waals surface area contributed by atoms with Gasteiger partial charge in [0.05, 0.1) is 4.90 Å². The van der Waals surface area contributed by atoms with Crippen LogP contribution in [0.5, 0.6) is 0 Å². The zero-order valence-corrected chi connectivity index (χ0v) is 11.4. The molecule has 0 heterocycles. The fourth-order valence-electron chi connectivity index (χ4n) is 1.10. The Hall–Kier alpha value is -1.76. The summed E-state index contributed by atoms with van der Waals surface area (Å²) in [6.07, 6.45) is 0. The first-order chi connectivity index (χ1) is 8.79. The van der Waals surface area contributed by atoms with Crippen LogP contribution >= 0.6 is 11.6 Å². The van der Waals surface area contributed by atoms with Crippen LogP contribution in [0.3, 0.4) is 0 Å². The van der Waals surface area contributed by atoms with Crippen molar-refractivity contribution in [2.45, 2.75) is 4.90 Å². The lowest BCUT2D eigenvalue weighted by Gasteiger charge is -1.95. The number of anilines is 2. The molecule has 0 bridgehead atoms. The van der Waals surface area contributed by atoms with Crippen molar-refractivity contribution in [3.05, 3.63) is 53.6 Å². The molecule has 0 amide bonds. The molecule has 5 nitrogen and oxygen atoms in total. The molecule has 0 aliphatic carbocycles. The average molecular weight is 301 g/mol. The van der Waals surface area contributed by atoms with Gasteiger partial charge < -0.3 is 11.5 Å². The van der Waals surface area contributed by atoms with Gasteiger partial charge in [-0.1, -0.05) is 11.6 Å². The normalized spacial score (nSPS) is 10.4. The molecule has 0 fully saturated rings. The molecule has 102 valence electrons. The van der Waals surface area contributed by atoms with E-state index in [1.54, 1.807) is 24.3 Å². The van der Waals surface area contributed by atoms with Gasteiger partial charge in [-0.05, 0) is 48.5 Å². The fraction of sp³-hybridized carbons (Fsp3) is 0. The number of nitrogens with two attached hydrogens (primary N) is 2. The largest absolute Gasteiger partial charge is 0.399 e. The SMILES string of the molecule is Nc1ccc(Cl)cc1.Nc1ccc(S(=O)(=O)O)cc1. The molecular weight excluding hydrogens is 288 g/mol. The van der Waals surface area contributed by atoms with E-state index in [0.29, 0.717) is 5.69 Å². The van der Waals surface area contributed by atoms with Crippen molar-refractivity contribution in [2.75, 3.05) is 11.5 Å². The molecule has 0 aliphatic rings. The zero-order valence-electron chi connectivity index (χ0n) is 9.82. The van der Waals surface area contributed by atoms with E-state index in [1.165, 1.54) is 24.3 Å². The summed E-state index contributed by atoms with van der Waals surface area (Å²) in [6, 6.07) is 12.3. The summed E-state index contributed by atoms with van der Waals surface area (Å²) in [5, 5.41) is 0.721. The monoisotopic (exact) mass is 300 g/mol. The van der Waals surface area contributed by atoms with Crippen LogP contribution in [0.25, 0.3) is 0 Å². The summed E-state index contributed by atoms with van der Waals surface area (Å²) in [6.45, 7) is 0. The van der Waals surface area contributed by atoms with Crippen LogP contribution in [0, 0.1) is 0 Å². The first kappa shape index (κ1) is 15.3. The number of benzene rings is 2. The van der Waals surface area contributed by atoms with E-state index in [1.807, 2.05) is 0 Å². The third kappa shape index (κ3) is 5.60. The lowest BCUT2D eigenvalue weighted by Crippen LogP contribution is -1.97. The van der Waals surface area contributed by atoms with Gasteiger partial charge in [-0.15, -0.1) is 0 Å². The third-order valence-electron chi connectivity index (χ3n) is 2.05. The molecule has 0 radical (unpaired) electrons. The maximum absolute atomic E-state index is 10.5. The van der Waals surface area contributed by atoms with Gasteiger partial charge in [-0.3, -0.25) is 4.55 Å². The highest BCUT2D eigenvalue weighted by atomic mass is 35.5. The van der Waals surface area contributed by atoms with Gasteiger partial charge in [0.15, 0.2) is 0 Å². The summed E-state index contributed by atoms with van der Waals surface area (Å²) in [5.41, 5.74) is 11.9. The first-order valence-electron chi connectivity index (χ1n) is 5.13. The predicted octanol–water partition coefficient (Wildman–Crippen LogP) is 2.44. The summed E-state index contributed by atoms with van der Waals surface area (Å²) in [7, 11) is -4.08. The van der Waals surface area contributed by atoms with Gasteiger partial charge in [0, 0.05) is 16.4 Å². The van der Waals surface area contributed by atoms with Crippen molar-refractivity contribution in [3.8, 4) is 0 Å². The van der Waals surface area contributed by atoms with Gasteiger partial charge in [0.25, 0.3) is 10.1 Å². The standard InChI is InChI=1S/C6H6ClN.C6H7NO3S/c7-5-1-3-6(8)4-2-5;7-5-1-3-6(4-2-5)11(8,9)10/h1-4H,8H2;1-4H,7H2,(H,8,9,10). The first-order valence-corrected chi connectivity index (χ1v) is 6.95. The van der Waals surface area contributed by atoms with Crippen LogP contribution < -0.4 is 11.5 Å². The fourth-order valence-corrected chi connectivity index (χ4v) is 1.71. The van der Waals surface area contributed by atoms with Crippen LogP contribution in [0.2, 0.25) is 5.02 Å². The molecule has 0 saturated carbocycles. The molecule has 0 saturated heterocycles. The molecule has 5 N–H and O–H groups in total. The van der Waals surface area contributed by atoms with Gasteiger partial charge in [-0.25, -0.2) is 0 Å². The van der Waals surface area contributed by atoms with Gasteiger partial charge in [0.1, 0.15) is 0 Å². The van der Waals surface area contributed by atoms with Crippen molar-refractivity contribution in [2.24, 2.45) is 0 Å². The van der Waals surface area contributed by atoms with E-state index < -0.39 is 10.1 Å². The summed E-state index contributed by atoms with van der Waals surface area (Å²) in [4.78, 5) is -0.147. The van der Waals surface area contributed by atoms with Gasteiger partial charge in [0.2, 0.25) is 0 Å². The van der Waals surface area contributed by atoms with Crippen molar-refractivity contribution in [1.82, 2.24) is 0 Å². The highest BCUT2D eigenvalue weighted by molar-refractivity contribution is 7.85. The Labute approximate surface area is 116 Å². The highest BCUT2D eigenvalue weighted by Gasteiger charge is 2.06. The molecule has 2 aromatic carbocycles. The highest BCUT2D eigenvalue weighted by Crippen LogP contribution is 2.10. The molecular formula is C12H13ClN2O3S. The Kier molecular flexibility index (Phi) is 5.17. The quantitative estimate of drug-likeness (QED) is 0.554. The Balaban J connectivity index is 0.000000200. The molecule has 2 aromatic rings. The minimum absolute atomic E-state index is 0.147. The zero-order chi connectivity index (χ0) is 14.5. The van der Waals surface area contributed by atoms with Crippen LogP contribution in [0.15, 0.2) is 53.4 Å². The van der Waals surface area contributed by atoms with Crippen LogP contribution in [0.4, 0.5) is 11.4 Å². The summed E-state index contributed by atoms with van der Waals surface area (Å²) < 4.78 is 29.4. The Morgan fingerprint density at radius 1 is 0.842 bits per heavy atom. The Bertz CT molecular complexity index is 604.